The number of hydrogen-bond acceptors (Lipinski definition) is 6. The van der Waals surface area contributed by atoms with E-state index in [-0.39, 0.29) is 0 Å². The van der Waals surface area contributed by atoms with Crippen molar-refractivity contribution in [2.45, 2.75) is 20.8 Å². The smallest absolute Gasteiger partial charge is 0.230 e. The fraction of sp³-hybridized carbons (Fsp3) is 0.188. The molecule has 1 aromatic carbocycles. The zero-order chi connectivity index (χ0) is 15.5. The molecule has 0 unspecified atom stereocenters. The molecule has 112 valence electrons. The number of aryl methyl sites for hydroxylation is 3. The van der Waals surface area contributed by atoms with Gasteiger partial charge in [-0.25, -0.2) is 4.98 Å². The highest BCUT2D eigenvalue weighted by molar-refractivity contribution is 5.62. The molecule has 0 spiro atoms. The van der Waals surface area contributed by atoms with Crippen LogP contribution in [0.4, 0.5) is 23.3 Å². The van der Waals surface area contributed by atoms with Crippen LogP contribution in [0, 0.1) is 20.8 Å². The summed E-state index contributed by atoms with van der Waals surface area (Å²) in [6, 6.07) is 11.7. The molecule has 0 saturated carbocycles. The van der Waals surface area contributed by atoms with Gasteiger partial charge in [-0.15, -0.1) is 0 Å². The van der Waals surface area contributed by atoms with Gasteiger partial charge in [-0.2, -0.15) is 4.98 Å². The fourth-order valence-electron chi connectivity index (χ4n) is 2.08. The molecular formula is C16H17N5O. The van der Waals surface area contributed by atoms with E-state index in [9.17, 15) is 0 Å². The van der Waals surface area contributed by atoms with E-state index in [0.717, 1.165) is 28.5 Å². The van der Waals surface area contributed by atoms with Crippen LogP contribution in [-0.2, 0) is 0 Å². The lowest BCUT2D eigenvalue weighted by Crippen LogP contribution is -2.03. The Bertz CT molecular complexity index is 797. The van der Waals surface area contributed by atoms with Gasteiger partial charge in [0.05, 0.1) is 0 Å². The van der Waals surface area contributed by atoms with Crippen LogP contribution < -0.4 is 10.6 Å². The minimum absolute atomic E-state index is 0.476. The molecule has 0 saturated heterocycles. The topological polar surface area (TPSA) is 75.9 Å². The van der Waals surface area contributed by atoms with E-state index >= 15 is 0 Å². The number of rotatable bonds is 4. The summed E-state index contributed by atoms with van der Waals surface area (Å²) in [5.41, 5.74) is 3.03. The molecule has 6 nitrogen and oxygen atoms in total. The molecule has 2 N–H and O–H groups in total. The lowest BCUT2D eigenvalue weighted by Gasteiger charge is -2.10. The van der Waals surface area contributed by atoms with Crippen molar-refractivity contribution in [3.63, 3.8) is 0 Å². The van der Waals surface area contributed by atoms with Gasteiger partial charge < -0.3 is 15.2 Å². The van der Waals surface area contributed by atoms with Crippen LogP contribution in [0.3, 0.4) is 0 Å². The number of nitrogens with zero attached hydrogens (tertiary/aromatic N) is 3. The molecule has 0 bridgehead atoms. The molecule has 3 rings (SSSR count). The van der Waals surface area contributed by atoms with Gasteiger partial charge in [-0.3, -0.25) is 0 Å². The van der Waals surface area contributed by atoms with Crippen molar-refractivity contribution in [3.05, 3.63) is 53.4 Å². The molecule has 0 radical (unpaired) electrons. The van der Waals surface area contributed by atoms with Crippen LogP contribution in [0.5, 0.6) is 0 Å². The molecule has 2 aromatic heterocycles. The van der Waals surface area contributed by atoms with Crippen LogP contribution in [-0.4, -0.2) is 15.1 Å². The summed E-state index contributed by atoms with van der Waals surface area (Å²) in [5, 5.41) is 10.2. The standard InChI is InChI=1S/C16H17N5O/c1-10-6-4-5-7-13(10)18-14-8-11(2)17-16(19-14)20-15-9-12(3)22-21-15/h4-9H,1-3H3,(H2,17,18,19,20,21). The van der Waals surface area contributed by atoms with Gasteiger partial charge in [-0.1, -0.05) is 23.4 Å². The van der Waals surface area contributed by atoms with Crippen molar-refractivity contribution in [1.29, 1.82) is 0 Å². The summed E-state index contributed by atoms with van der Waals surface area (Å²) in [5.74, 6) is 2.52. The molecule has 6 heteroatoms. The largest absolute Gasteiger partial charge is 0.360 e. The molecule has 0 amide bonds. The van der Waals surface area contributed by atoms with Crippen LogP contribution in [0.15, 0.2) is 40.9 Å². The zero-order valence-corrected chi connectivity index (χ0v) is 12.7. The van der Waals surface area contributed by atoms with Gasteiger partial charge >= 0.3 is 0 Å². The second-order valence-corrected chi connectivity index (χ2v) is 5.11. The van der Waals surface area contributed by atoms with Crippen molar-refractivity contribution >= 4 is 23.3 Å². The summed E-state index contributed by atoms with van der Waals surface area (Å²) in [7, 11) is 0. The first-order valence-electron chi connectivity index (χ1n) is 6.99. The van der Waals surface area contributed by atoms with Gasteiger partial charge in [-0.05, 0) is 32.4 Å². The molecule has 0 atom stereocenters. The number of anilines is 4. The third kappa shape index (κ3) is 3.22. The second-order valence-electron chi connectivity index (χ2n) is 5.11. The van der Waals surface area contributed by atoms with Gasteiger partial charge in [0.2, 0.25) is 5.95 Å². The molecule has 0 fully saturated rings. The lowest BCUT2D eigenvalue weighted by molar-refractivity contribution is 0.400. The predicted octanol–water partition coefficient (Wildman–Crippen LogP) is 3.88. The molecule has 22 heavy (non-hydrogen) atoms. The van der Waals surface area contributed by atoms with Crippen molar-refractivity contribution in [1.82, 2.24) is 15.1 Å². The Hall–Kier alpha value is -2.89. The van der Waals surface area contributed by atoms with Crippen LogP contribution in [0.25, 0.3) is 0 Å². The Labute approximate surface area is 128 Å². The minimum Gasteiger partial charge on any atom is -0.360 e. The highest BCUT2D eigenvalue weighted by atomic mass is 16.5. The van der Waals surface area contributed by atoms with Crippen molar-refractivity contribution < 1.29 is 4.52 Å². The average Bonchev–Trinajstić information content (AvgIpc) is 2.86. The molecule has 0 aliphatic carbocycles. The summed E-state index contributed by atoms with van der Waals surface area (Å²) >= 11 is 0. The van der Waals surface area contributed by atoms with E-state index < -0.39 is 0 Å². The maximum absolute atomic E-state index is 5.02. The monoisotopic (exact) mass is 295 g/mol. The van der Waals surface area contributed by atoms with Gasteiger partial charge in [0, 0.05) is 23.5 Å². The van der Waals surface area contributed by atoms with E-state index in [1.165, 1.54) is 0 Å². The Balaban J connectivity index is 1.85. The number of hydrogen-bond donors (Lipinski definition) is 2. The first-order valence-corrected chi connectivity index (χ1v) is 6.99. The Kier molecular flexibility index (Phi) is 3.74. The Morgan fingerprint density at radius 1 is 0.909 bits per heavy atom. The maximum atomic E-state index is 5.02. The zero-order valence-electron chi connectivity index (χ0n) is 12.7. The first kappa shape index (κ1) is 14.1. The normalized spacial score (nSPS) is 10.5. The first-order chi connectivity index (χ1) is 10.6. The van der Waals surface area contributed by atoms with Crippen LogP contribution >= 0.6 is 0 Å². The Morgan fingerprint density at radius 2 is 1.73 bits per heavy atom. The van der Waals surface area contributed by atoms with E-state index in [4.69, 9.17) is 4.52 Å². The SMILES string of the molecule is Cc1cc(Nc2ccccc2C)nc(Nc2cc(C)on2)n1. The molecule has 2 heterocycles. The lowest BCUT2D eigenvalue weighted by atomic mass is 10.2. The van der Waals surface area contributed by atoms with E-state index in [1.54, 1.807) is 6.07 Å². The second kappa shape index (κ2) is 5.85. The summed E-state index contributed by atoms with van der Waals surface area (Å²) < 4.78 is 5.02. The minimum atomic E-state index is 0.476. The van der Waals surface area contributed by atoms with E-state index in [0.29, 0.717) is 11.8 Å². The quantitative estimate of drug-likeness (QED) is 0.760. The molecule has 3 aromatic rings. The van der Waals surface area contributed by atoms with Gasteiger partial charge in [0.1, 0.15) is 11.6 Å². The van der Waals surface area contributed by atoms with Gasteiger partial charge in [0.15, 0.2) is 5.82 Å². The third-order valence-corrected chi connectivity index (χ3v) is 3.13. The highest BCUT2D eigenvalue weighted by Crippen LogP contribution is 2.21. The maximum Gasteiger partial charge on any atom is 0.230 e. The molecular weight excluding hydrogens is 278 g/mol. The summed E-state index contributed by atoms with van der Waals surface area (Å²) in [6.07, 6.45) is 0. The highest BCUT2D eigenvalue weighted by Gasteiger charge is 2.07. The predicted molar refractivity (Wildman–Crippen MR) is 85.8 cm³/mol. The average molecular weight is 295 g/mol. The molecule has 0 aliphatic rings. The van der Waals surface area contributed by atoms with E-state index in [1.807, 2.05) is 51.1 Å². The number of para-hydroxylation sites is 1. The van der Waals surface area contributed by atoms with Crippen molar-refractivity contribution in [2.75, 3.05) is 10.6 Å². The van der Waals surface area contributed by atoms with Gasteiger partial charge in [0.25, 0.3) is 0 Å². The molecule has 0 aliphatic heterocycles. The van der Waals surface area contributed by atoms with Crippen molar-refractivity contribution in [3.8, 4) is 0 Å². The number of nitrogens with one attached hydrogen (secondary N) is 2. The Morgan fingerprint density at radius 3 is 2.45 bits per heavy atom. The third-order valence-electron chi connectivity index (χ3n) is 3.13. The number of aromatic nitrogens is 3. The van der Waals surface area contributed by atoms with Crippen LogP contribution in [0.1, 0.15) is 17.0 Å². The fourth-order valence-corrected chi connectivity index (χ4v) is 2.08. The number of benzene rings is 1. The summed E-state index contributed by atoms with van der Waals surface area (Å²) in [4.78, 5) is 8.82. The van der Waals surface area contributed by atoms with E-state index in [2.05, 4.69) is 25.8 Å². The van der Waals surface area contributed by atoms with Crippen LogP contribution in [0.2, 0.25) is 0 Å². The summed E-state index contributed by atoms with van der Waals surface area (Å²) in [6.45, 7) is 5.80. The van der Waals surface area contributed by atoms with Crippen molar-refractivity contribution in [2.24, 2.45) is 0 Å².